The highest BCUT2D eigenvalue weighted by Gasteiger charge is 2.50. The van der Waals surface area contributed by atoms with Crippen LogP contribution < -0.4 is 0 Å². The highest BCUT2D eigenvalue weighted by molar-refractivity contribution is 5.78. The first-order chi connectivity index (χ1) is 12.1. The van der Waals surface area contributed by atoms with E-state index in [0.29, 0.717) is 51.0 Å². The molecule has 6 heteroatoms. The van der Waals surface area contributed by atoms with Gasteiger partial charge in [0.1, 0.15) is 18.0 Å². The third kappa shape index (κ3) is 4.57. The molecule has 0 radical (unpaired) electrons. The summed E-state index contributed by atoms with van der Waals surface area (Å²) in [5, 5.41) is 0. The first kappa shape index (κ1) is 18.3. The van der Waals surface area contributed by atoms with E-state index < -0.39 is 0 Å². The van der Waals surface area contributed by atoms with Crippen LogP contribution in [0, 0.1) is 11.7 Å². The summed E-state index contributed by atoms with van der Waals surface area (Å²) in [6.45, 7) is 5.49. The predicted molar refractivity (Wildman–Crippen MR) is 90.5 cm³/mol. The van der Waals surface area contributed by atoms with E-state index in [0.717, 1.165) is 12.8 Å². The molecular weight excluding hydrogens is 325 g/mol. The zero-order valence-electron chi connectivity index (χ0n) is 14.7. The van der Waals surface area contributed by atoms with Gasteiger partial charge in [0.05, 0.1) is 26.3 Å². The van der Waals surface area contributed by atoms with Gasteiger partial charge in [0.15, 0.2) is 0 Å². The van der Waals surface area contributed by atoms with Crippen LogP contribution in [0.5, 0.6) is 0 Å². The molecule has 2 aliphatic heterocycles. The third-order valence-corrected chi connectivity index (χ3v) is 4.91. The Bertz CT molecular complexity index is 589. The van der Waals surface area contributed by atoms with Gasteiger partial charge in [0.25, 0.3) is 0 Å². The molecule has 2 aliphatic rings. The number of carbonyl (C=O) groups excluding carboxylic acids is 1. The Morgan fingerprint density at radius 3 is 2.92 bits per heavy atom. The van der Waals surface area contributed by atoms with Crippen LogP contribution in [0.15, 0.2) is 24.3 Å². The lowest BCUT2D eigenvalue weighted by atomic mass is 9.86. The molecule has 0 bridgehead atoms. The summed E-state index contributed by atoms with van der Waals surface area (Å²) in [6.07, 6.45) is 1.84. The lowest BCUT2D eigenvalue weighted by molar-refractivity contribution is -0.161. The highest BCUT2D eigenvalue weighted by atomic mass is 19.1. The number of nitrogens with zero attached hydrogens (tertiary/aromatic N) is 1. The van der Waals surface area contributed by atoms with E-state index >= 15 is 0 Å². The maximum Gasteiger partial charge on any atom is 0.248 e. The number of rotatable bonds is 8. The fraction of sp³-hybridized carbons (Fsp3) is 0.632. The monoisotopic (exact) mass is 351 g/mol. The summed E-state index contributed by atoms with van der Waals surface area (Å²) in [6, 6.07) is 6.67. The number of halogens is 1. The second-order valence-electron chi connectivity index (χ2n) is 6.88. The summed E-state index contributed by atoms with van der Waals surface area (Å²) in [4.78, 5) is 13.7. The van der Waals surface area contributed by atoms with Crippen LogP contribution in [0.4, 0.5) is 4.39 Å². The maximum atomic E-state index is 13.5. The Labute approximate surface area is 148 Å². The van der Waals surface area contributed by atoms with Gasteiger partial charge >= 0.3 is 0 Å². The van der Waals surface area contributed by atoms with E-state index in [1.807, 2.05) is 13.0 Å². The van der Waals surface area contributed by atoms with Crippen molar-refractivity contribution in [2.45, 2.75) is 32.0 Å². The lowest BCUT2D eigenvalue weighted by Crippen LogP contribution is -2.63. The normalized spacial score (nSPS) is 21.5. The molecule has 25 heavy (non-hydrogen) atoms. The van der Waals surface area contributed by atoms with E-state index in [4.69, 9.17) is 14.2 Å². The SMILES string of the molecule is CCOCC(=O)N1CC2(CC(CCOCc3ccccc3F)CO2)C1. The van der Waals surface area contributed by atoms with Crippen LogP contribution in [0.3, 0.4) is 0 Å². The topological polar surface area (TPSA) is 48.0 Å². The van der Waals surface area contributed by atoms with Crippen molar-refractivity contribution in [3.05, 3.63) is 35.6 Å². The van der Waals surface area contributed by atoms with Crippen LogP contribution in [-0.2, 0) is 25.6 Å². The molecule has 2 heterocycles. The molecule has 5 nitrogen and oxygen atoms in total. The number of hydrogen-bond acceptors (Lipinski definition) is 4. The molecule has 1 aromatic rings. The quantitative estimate of drug-likeness (QED) is 0.675. The molecule has 0 saturated carbocycles. The van der Waals surface area contributed by atoms with Crippen molar-refractivity contribution in [3.8, 4) is 0 Å². The molecule has 3 rings (SSSR count). The molecule has 0 N–H and O–H groups in total. The van der Waals surface area contributed by atoms with Gasteiger partial charge in [0, 0.05) is 18.8 Å². The Morgan fingerprint density at radius 1 is 1.36 bits per heavy atom. The van der Waals surface area contributed by atoms with Gasteiger partial charge in [-0.1, -0.05) is 18.2 Å². The van der Waals surface area contributed by atoms with Gasteiger partial charge in [-0.2, -0.15) is 0 Å². The minimum absolute atomic E-state index is 0.0350. The minimum Gasteiger partial charge on any atom is -0.377 e. The van der Waals surface area contributed by atoms with Crippen LogP contribution in [0.1, 0.15) is 25.3 Å². The van der Waals surface area contributed by atoms with E-state index in [9.17, 15) is 9.18 Å². The van der Waals surface area contributed by atoms with Gasteiger partial charge in [-0.3, -0.25) is 4.79 Å². The summed E-state index contributed by atoms with van der Waals surface area (Å²) < 4.78 is 30.2. The van der Waals surface area contributed by atoms with Crippen LogP contribution in [0.25, 0.3) is 0 Å². The van der Waals surface area contributed by atoms with Gasteiger partial charge < -0.3 is 19.1 Å². The first-order valence-electron chi connectivity index (χ1n) is 8.92. The van der Waals surface area contributed by atoms with Gasteiger partial charge in [0.2, 0.25) is 5.91 Å². The Balaban J connectivity index is 1.33. The molecule has 1 unspecified atom stereocenters. The summed E-state index contributed by atoms with van der Waals surface area (Å²) >= 11 is 0. The lowest BCUT2D eigenvalue weighted by Gasteiger charge is -2.47. The van der Waals surface area contributed by atoms with E-state index in [1.54, 1.807) is 17.0 Å². The van der Waals surface area contributed by atoms with Crippen molar-refractivity contribution < 1.29 is 23.4 Å². The zero-order valence-corrected chi connectivity index (χ0v) is 14.7. The fourth-order valence-electron chi connectivity index (χ4n) is 3.50. The number of benzene rings is 1. The van der Waals surface area contributed by atoms with Gasteiger partial charge in [-0.25, -0.2) is 4.39 Å². The first-order valence-corrected chi connectivity index (χ1v) is 8.92. The summed E-state index contributed by atoms with van der Waals surface area (Å²) in [7, 11) is 0. The molecule has 0 aromatic heterocycles. The van der Waals surface area contributed by atoms with Crippen LogP contribution >= 0.6 is 0 Å². The number of hydrogen-bond donors (Lipinski definition) is 0. The number of amides is 1. The Kier molecular flexibility index (Phi) is 6.04. The van der Waals surface area contributed by atoms with Crippen molar-refractivity contribution in [2.24, 2.45) is 5.92 Å². The third-order valence-electron chi connectivity index (χ3n) is 4.91. The molecule has 0 aliphatic carbocycles. The van der Waals surface area contributed by atoms with Gasteiger partial charge in [-0.05, 0) is 31.7 Å². The number of likely N-dealkylation sites (tertiary alicyclic amines) is 1. The number of carbonyl (C=O) groups is 1. The molecule has 138 valence electrons. The standard InChI is InChI=1S/C19H26FNO4/c1-2-23-12-18(22)21-13-19(14-21)9-15(10-25-19)7-8-24-11-16-5-3-4-6-17(16)20/h3-6,15H,2,7-14H2,1H3. The fourth-order valence-corrected chi connectivity index (χ4v) is 3.50. The molecule has 2 saturated heterocycles. The zero-order chi connectivity index (χ0) is 17.7. The second kappa shape index (κ2) is 8.25. The van der Waals surface area contributed by atoms with E-state index in [-0.39, 0.29) is 23.9 Å². The maximum absolute atomic E-state index is 13.5. The summed E-state index contributed by atoms with van der Waals surface area (Å²) in [5.74, 6) is 0.245. The molecule has 2 fully saturated rings. The predicted octanol–water partition coefficient (Wildman–Crippen LogP) is 2.39. The van der Waals surface area contributed by atoms with Crippen molar-refractivity contribution in [2.75, 3.05) is 39.5 Å². The minimum atomic E-state index is -0.225. The largest absolute Gasteiger partial charge is 0.377 e. The van der Waals surface area contributed by atoms with Crippen LogP contribution in [-0.4, -0.2) is 55.9 Å². The molecular formula is C19H26FNO4. The van der Waals surface area contributed by atoms with E-state index in [2.05, 4.69) is 0 Å². The van der Waals surface area contributed by atoms with Crippen molar-refractivity contribution in [1.82, 2.24) is 4.90 Å². The van der Waals surface area contributed by atoms with Crippen molar-refractivity contribution >= 4 is 5.91 Å². The molecule has 1 amide bonds. The summed E-state index contributed by atoms with van der Waals surface area (Å²) in [5.41, 5.74) is 0.419. The Morgan fingerprint density at radius 2 is 2.16 bits per heavy atom. The van der Waals surface area contributed by atoms with Crippen LogP contribution in [0.2, 0.25) is 0 Å². The average molecular weight is 351 g/mol. The molecule has 1 atom stereocenters. The average Bonchev–Trinajstić information content (AvgIpc) is 3.01. The smallest absolute Gasteiger partial charge is 0.248 e. The second-order valence-corrected chi connectivity index (χ2v) is 6.88. The highest BCUT2D eigenvalue weighted by Crippen LogP contribution is 2.39. The Hall–Kier alpha value is -1.50. The van der Waals surface area contributed by atoms with Crippen molar-refractivity contribution in [3.63, 3.8) is 0 Å². The van der Waals surface area contributed by atoms with Crippen molar-refractivity contribution in [1.29, 1.82) is 0 Å². The van der Waals surface area contributed by atoms with E-state index in [1.165, 1.54) is 6.07 Å². The molecule has 1 spiro atoms. The number of ether oxygens (including phenoxy) is 3. The molecule has 1 aromatic carbocycles. The van der Waals surface area contributed by atoms with Gasteiger partial charge in [-0.15, -0.1) is 0 Å².